The van der Waals surface area contributed by atoms with Crippen molar-refractivity contribution in [1.29, 1.82) is 0 Å². The second-order valence-electron chi connectivity index (χ2n) is 7.59. The Labute approximate surface area is 162 Å². The summed E-state index contributed by atoms with van der Waals surface area (Å²) in [4.78, 5) is 17.4. The van der Waals surface area contributed by atoms with Gasteiger partial charge in [0.25, 0.3) is 6.47 Å². The van der Waals surface area contributed by atoms with E-state index < -0.39 is 0 Å². The maximum Gasteiger partial charge on any atom is 0.290 e. The Morgan fingerprint density at radius 3 is 2.75 bits per heavy atom. The van der Waals surface area contributed by atoms with Gasteiger partial charge in [0, 0.05) is 17.9 Å². The Morgan fingerprint density at radius 2 is 2.07 bits per heavy atom. The van der Waals surface area contributed by atoms with Gasteiger partial charge in [0.15, 0.2) is 5.82 Å². The first-order valence-electron chi connectivity index (χ1n) is 9.01. The van der Waals surface area contributed by atoms with Crippen molar-refractivity contribution in [2.45, 2.75) is 51.6 Å². The Bertz CT molecular complexity index is 959. The van der Waals surface area contributed by atoms with E-state index in [1.807, 2.05) is 15.4 Å². The van der Waals surface area contributed by atoms with Crippen LogP contribution in [0.2, 0.25) is 0 Å². The van der Waals surface area contributed by atoms with Crippen LogP contribution in [0.25, 0.3) is 11.4 Å². The first-order valence-corrected chi connectivity index (χ1v) is 9.01. The van der Waals surface area contributed by atoms with Gasteiger partial charge < -0.3 is 5.11 Å². The van der Waals surface area contributed by atoms with Gasteiger partial charge in [-0.1, -0.05) is 12.1 Å². The standard InChI is InChI=1S/C18H21FN6.CH2O2/c1-18(2,3)25-17(13-7-8-15-20-11-21-24(15)10-13)22-16(23-25)12-5-4-6-14(19)9-12;2-1-3/h4-6,9,11,13H,7-8,10H2,1-3H3;1H,(H,2,3). The van der Waals surface area contributed by atoms with Crippen LogP contribution < -0.4 is 0 Å². The van der Waals surface area contributed by atoms with E-state index in [1.165, 1.54) is 12.1 Å². The van der Waals surface area contributed by atoms with Crippen LogP contribution in [0.1, 0.15) is 44.8 Å². The number of aryl methyl sites for hydroxylation is 1. The molecular weight excluding hydrogens is 363 g/mol. The Hall–Kier alpha value is -3.10. The molecule has 28 heavy (non-hydrogen) atoms. The van der Waals surface area contributed by atoms with Crippen molar-refractivity contribution in [2.24, 2.45) is 0 Å². The summed E-state index contributed by atoms with van der Waals surface area (Å²) in [5, 5.41) is 15.9. The Morgan fingerprint density at radius 1 is 1.32 bits per heavy atom. The average Bonchev–Trinajstić information content (AvgIpc) is 3.28. The third-order valence-electron chi connectivity index (χ3n) is 4.52. The van der Waals surface area contributed by atoms with Gasteiger partial charge in [-0.25, -0.2) is 23.7 Å². The third-order valence-corrected chi connectivity index (χ3v) is 4.52. The number of hydrogen-bond acceptors (Lipinski definition) is 5. The van der Waals surface area contributed by atoms with E-state index in [-0.39, 0.29) is 23.7 Å². The summed E-state index contributed by atoms with van der Waals surface area (Å²) in [6, 6.07) is 6.43. The van der Waals surface area contributed by atoms with Gasteiger partial charge in [-0.15, -0.1) is 0 Å². The second-order valence-corrected chi connectivity index (χ2v) is 7.59. The number of carboxylic acid groups (broad SMARTS) is 1. The highest BCUT2D eigenvalue weighted by Crippen LogP contribution is 2.31. The molecule has 2 aromatic heterocycles. The number of carbonyl (C=O) groups is 1. The fourth-order valence-electron chi connectivity index (χ4n) is 3.28. The lowest BCUT2D eigenvalue weighted by molar-refractivity contribution is -0.122. The molecule has 1 N–H and O–H groups in total. The van der Waals surface area contributed by atoms with Crippen molar-refractivity contribution >= 4 is 6.47 Å². The molecule has 0 amide bonds. The molecule has 8 nitrogen and oxygen atoms in total. The van der Waals surface area contributed by atoms with Gasteiger partial charge in [-0.2, -0.15) is 10.2 Å². The van der Waals surface area contributed by atoms with Gasteiger partial charge in [-0.3, -0.25) is 4.79 Å². The van der Waals surface area contributed by atoms with E-state index in [4.69, 9.17) is 20.0 Å². The number of aromatic nitrogens is 6. The zero-order valence-electron chi connectivity index (χ0n) is 16.1. The fourth-order valence-corrected chi connectivity index (χ4v) is 3.28. The third kappa shape index (κ3) is 4.08. The summed E-state index contributed by atoms with van der Waals surface area (Å²) < 4.78 is 17.5. The molecule has 3 aromatic rings. The summed E-state index contributed by atoms with van der Waals surface area (Å²) in [5.74, 6) is 2.43. The fraction of sp³-hybridized carbons (Fsp3) is 0.421. The summed E-state index contributed by atoms with van der Waals surface area (Å²) in [7, 11) is 0. The van der Waals surface area contributed by atoms with E-state index in [0.29, 0.717) is 11.4 Å². The lowest BCUT2D eigenvalue weighted by Crippen LogP contribution is -2.30. The van der Waals surface area contributed by atoms with Crippen molar-refractivity contribution in [3.8, 4) is 11.4 Å². The summed E-state index contributed by atoms with van der Waals surface area (Å²) >= 11 is 0. The molecule has 4 rings (SSSR count). The van der Waals surface area contributed by atoms with Crippen LogP contribution in [0.5, 0.6) is 0 Å². The van der Waals surface area contributed by atoms with E-state index in [9.17, 15) is 4.39 Å². The number of halogens is 1. The van der Waals surface area contributed by atoms with E-state index >= 15 is 0 Å². The molecule has 1 unspecified atom stereocenters. The highest BCUT2D eigenvalue weighted by Gasteiger charge is 2.30. The van der Waals surface area contributed by atoms with Crippen molar-refractivity contribution in [1.82, 2.24) is 29.5 Å². The molecule has 9 heteroatoms. The SMILES string of the molecule is CC(C)(C)n1nc(-c2cccc(F)c2)nc1C1CCc2ncnn2C1.O=CO. The highest BCUT2D eigenvalue weighted by atomic mass is 19.1. The van der Waals surface area contributed by atoms with Gasteiger partial charge in [-0.05, 0) is 39.3 Å². The normalized spacial score (nSPS) is 16.1. The van der Waals surface area contributed by atoms with Crippen molar-refractivity contribution in [2.75, 3.05) is 0 Å². The zero-order valence-corrected chi connectivity index (χ0v) is 16.1. The molecule has 1 aliphatic rings. The lowest BCUT2D eigenvalue weighted by Gasteiger charge is -2.27. The van der Waals surface area contributed by atoms with Crippen LogP contribution in [0.3, 0.4) is 0 Å². The summed E-state index contributed by atoms with van der Waals surface area (Å²) in [5.41, 5.74) is 0.484. The molecule has 1 atom stereocenters. The van der Waals surface area contributed by atoms with E-state index in [2.05, 4.69) is 30.9 Å². The number of nitrogens with zero attached hydrogens (tertiary/aromatic N) is 6. The topological polar surface area (TPSA) is 98.7 Å². The highest BCUT2D eigenvalue weighted by molar-refractivity contribution is 5.54. The number of fused-ring (bicyclic) bond motifs is 1. The quantitative estimate of drug-likeness (QED) is 0.680. The lowest BCUT2D eigenvalue weighted by atomic mass is 9.97. The van der Waals surface area contributed by atoms with Gasteiger partial charge >= 0.3 is 0 Å². The van der Waals surface area contributed by atoms with Crippen LogP contribution in [0.4, 0.5) is 4.39 Å². The van der Waals surface area contributed by atoms with Crippen LogP contribution in [0.15, 0.2) is 30.6 Å². The first kappa shape index (κ1) is 19.7. The molecule has 148 valence electrons. The molecule has 0 saturated heterocycles. The molecule has 3 heterocycles. The summed E-state index contributed by atoms with van der Waals surface area (Å²) in [6.45, 7) is 6.80. The van der Waals surface area contributed by atoms with Gasteiger partial charge in [0.1, 0.15) is 23.8 Å². The molecule has 0 spiro atoms. The number of benzene rings is 1. The minimum Gasteiger partial charge on any atom is -0.483 e. The predicted octanol–water partition coefficient (Wildman–Crippen LogP) is 2.86. The molecule has 0 radical (unpaired) electrons. The predicted molar refractivity (Wildman–Crippen MR) is 100 cm³/mol. The van der Waals surface area contributed by atoms with Crippen molar-refractivity contribution in [3.05, 3.63) is 48.1 Å². The Kier molecular flexibility index (Phi) is 5.53. The summed E-state index contributed by atoms with van der Waals surface area (Å²) in [6.07, 6.45) is 3.43. The van der Waals surface area contributed by atoms with Crippen LogP contribution in [-0.2, 0) is 23.3 Å². The number of hydrogen-bond donors (Lipinski definition) is 1. The molecular formula is C19H23FN6O2. The molecule has 1 aliphatic heterocycles. The monoisotopic (exact) mass is 386 g/mol. The molecule has 0 fully saturated rings. The van der Waals surface area contributed by atoms with Crippen molar-refractivity contribution < 1.29 is 14.3 Å². The minimum absolute atomic E-state index is 0.211. The maximum absolute atomic E-state index is 13.6. The number of rotatable bonds is 2. The smallest absolute Gasteiger partial charge is 0.290 e. The first-order chi connectivity index (χ1) is 13.3. The molecule has 0 saturated carbocycles. The molecule has 0 aliphatic carbocycles. The van der Waals surface area contributed by atoms with Crippen molar-refractivity contribution in [3.63, 3.8) is 0 Å². The van der Waals surface area contributed by atoms with Gasteiger partial charge in [0.05, 0.1) is 12.1 Å². The second kappa shape index (κ2) is 7.87. The van der Waals surface area contributed by atoms with Crippen LogP contribution in [-0.4, -0.2) is 41.1 Å². The maximum atomic E-state index is 13.6. The van der Waals surface area contributed by atoms with E-state index in [0.717, 1.165) is 31.0 Å². The Balaban J connectivity index is 0.000000706. The molecule has 0 bridgehead atoms. The van der Waals surface area contributed by atoms with E-state index in [1.54, 1.807) is 12.4 Å². The minimum atomic E-state index is -0.281. The largest absolute Gasteiger partial charge is 0.483 e. The van der Waals surface area contributed by atoms with Crippen LogP contribution in [0, 0.1) is 5.82 Å². The average molecular weight is 386 g/mol. The zero-order chi connectivity index (χ0) is 20.3. The van der Waals surface area contributed by atoms with Crippen LogP contribution >= 0.6 is 0 Å². The molecule has 1 aromatic carbocycles. The van der Waals surface area contributed by atoms with Gasteiger partial charge in [0.2, 0.25) is 0 Å².